The van der Waals surface area contributed by atoms with Gasteiger partial charge in [-0.25, -0.2) is 0 Å². The molecule has 0 radical (unpaired) electrons. The third-order valence-corrected chi connectivity index (χ3v) is 5.74. The molecule has 9 heteroatoms. The van der Waals surface area contributed by atoms with Crippen molar-refractivity contribution in [1.82, 2.24) is 24.9 Å². The first kappa shape index (κ1) is 22.9. The van der Waals surface area contributed by atoms with Crippen LogP contribution >= 0.6 is 0 Å². The molecule has 4 aromatic rings. The predicted molar refractivity (Wildman–Crippen MR) is 128 cm³/mol. The summed E-state index contributed by atoms with van der Waals surface area (Å²) >= 11 is 0. The van der Waals surface area contributed by atoms with Crippen LogP contribution in [0, 0.1) is 24.0 Å². The Hall–Kier alpha value is -4.27. The first-order valence-electron chi connectivity index (χ1n) is 11.0. The fraction of sp³-hybridized carbons (Fsp3) is 0.240. The number of amides is 1. The Kier molecular flexibility index (Phi) is 6.82. The Labute approximate surface area is 197 Å². The second-order valence-corrected chi connectivity index (χ2v) is 8.08. The monoisotopic (exact) mass is 458 g/mol. The summed E-state index contributed by atoms with van der Waals surface area (Å²) in [7, 11) is 0. The zero-order valence-corrected chi connectivity index (χ0v) is 19.1. The lowest BCUT2D eigenvalue weighted by atomic mass is 9.98. The van der Waals surface area contributed by atoms with Gasteiger partial charge in [0.2, 0.25) is 5.91 Å². The smallest absolute Gasteiger partial charge is 0.312 e. The molecular formula is C25H26N6O3. The van der Waals surface area contributed by atoms with E-state index < -0.39 is 4.92 Å². The topological polar surface area (TPSA) is 108 Å². The van der Waals surface area contributed by atoms with Gasteiger partial charge in [-0.3, -0.25) is 24.3 Å². The molecule has 0 aliphatic carbocycles. The van der Waals surface area contributed by atoms with Crippen LogP contribution in [-0.2, 0) is 24.4 Å². The highest BCUT2D eigenvalue weighted by atomic mass is 16.6. The van der Waals surface area contributed by atoms with Crippen molar-refractivity contribution in [3.05, 3.63) is 99.6 Å². The molecule has 0 spiro atoms. The molecule has 0 bridgehead atoms. The van der Waals surface area contributed by atoms with E-state index in [4.69, 9.17) is 0 Å². The van der Waals surface area contributed by atoms with Gasteiger partial charge in [-0.2, -0.15) is 10.2 Å². The van der Waals surface area contributed by atoms with Gasteiger partial charge < -0.3 is 5.32 Å². The molecule has 4 rings (SSSR count). The summed E-state index contributed by atoms with van der Waals surface area (Å²) in [6.07, 6.45) is 3.88. The fourth-order valence-corrected chi connectivity index (χ4v) is 3.99. The van der Waals surface area contributed by atoms with Crippen LogP contribution in [-0.4, -0.2) is 30.4 Å². The van der Waals surface area contributed by atoms with Crippen molar-refractivity contribution in [1.29, 1.82) is 0 Å². The van der Waals surface area contributed by atoms with Crippen molar-refractivity contribution in [2.75, 3.05) is 0 Å². The van der Waals surface area contributed by atoms with Crippen molar-refractivity contribution in [3.8, 4) is 11.1 Å². The maximum Gasteiger partial charge on any atom is 0.312 e. The van der Waals surface area contributed by atoms with E-state index in [1.165, 1.54) is 4.68 Å². The first-order valence-corrected chi connectivity index (χ1v) is 11.0. The van der Waals surface area contributed by atoms with Crippen LogP contribution in [0.1, 0.15) is 28.9 Å². The Balaban J connectivity index is 1.37. The van der Waals surface area contributed by atoms with Crippen LogP contribution in [0.3, 0.4) is 0 Å². The van der Waals surface area contributed by atoms with Gasteiger partial charge in [-0.15, -0.1) is 0 Å². The van der Waals surface area contributed by atoms with E-state index in [0.29, 0.717) is 24.5 Å². The van der Waals surface area contributed by atoms with Crippen LogP contribution in [0.2, 0.25) is 0 Å². The minimum atomic E-state index is -0.435. The second kappa shape index (κ2) is 10.1. The Morgan fingerprint density at radius 1 is 1.09 bits per heavy atom. The summed E-state index contributed by atoms with van der Waals surface area (Å²) in [5, 5.41) is 22.6. The summed E-state index contributed by atoms with van der Waals surface area (Å²) in [5.74, 6) is -0.139. The van der Waals surface area contributed by atoms with E-state index in [1.807, 2.05) is 41.2 Å². The normalized spacial score (nSPS) is 10.9. The number of nitro groups is 1. The third kappa shape index (κ3) is 5.20. The molecule has 0 aliphatic heterocycles. The van der Waals surface area contributed by atoms with Crippen LogP contribution < -0.4 is 5.32 Å². The van der Waals surface area contributed by atoms with Crippen LogP contribution in [0.25, 0.3) is 11.1 Å². The van der Waals surface area contributed by atoms with E-state index in [2.05, 4.69) is 39.8 Å². The van der Waals surface area contributed by atoms with E-state index in [9.17, 15) is 14.9 Å². The van der Waals surface area contributed by atoms with Gasteiger partial charge in [-0.05, 0) is 42.2 Å². The number of carbonyl (C=O) groups is 1. The summed E-state index contributed by atoms with van der Waals surface area (Å²) in [6.45, 7) is 4.63. The SMILES string of the molecule is Cc1nn(CCC(=O)NCc2ccccc2-c2ccc(Cn3cccn3)cc2)c(C)c1[N+](=O)[O-]. The molecule has 0 saturated heterocycles. The van der Waals surface area contributed by atoms with Gasteiger partial charge in [0.1, 0.15) is 11.4 Å². The lowest BCUT2D eigenvalue weighted by molar-refractivity contribution is -0.386. The average Bonchev–Trinajstić information content (AvgIpc) is 3.44. The Morgan fingerprint density at radius 3 is 2.53 bits per heavy atom. The molecule has 2 aromatic heterocycles. The molecule has 0 aliphatic rings. The molecule has 1 N–H and O–H groups in total. The number of hydrogen-bond acceptors (Lipinski definition) is 5. The summed E-state index contributed by atoms with van der Waals surface area (Å²) in [6, 6.07) is 18.2. The summed E-state index contributed by atoms with van der Waals surface area (Å²) in [4.78, 5) is 23.2. The van der Waals surface area contributed by atoms with Gasteiger partial charge >= 0.3 is 5.69 Å². The van der Waals surface area contributed by atoms with Gasteiger partial charge in [0.15, 0.2) is 0 Å². The van der Waals surface area contributed by atoms with E-state index >= 15 is 0 Å². The largest absolute Gasteiger partial charge is 0.352 e. The Morgan fingerprint density at radius 2 is 1.85 bits per heavy atom. The minimum absolute atomic E-state index is 0.00461. The molecule has 2 heterocycles. The first-order chi connectivity index (χ1) is 16.4. The van der Waals surface area contributed by atoms with Crippen LogP contribution in [0.15, 0.2) is 67.0 Å². The molecule has 0 atom stereocenters. The number of aryl methyl sites for hydroxylation is 2. The maximum absolute atomic E-state index is 12.5. The molecule has 0 saturated carbocycles. The number of benzene rings is 2. The van der Waals surface area contributed by atoms with Gasteiger partial charge in [0.25, 0.3) is 0 Å². The molecule has 34 heavy (non-hydrogen) atoms. The highest BCUT2D eigenvalue weighted by Crippen LogP contribution is 2.25. The van der Waals surface area contributed by atoms with Gasteiger partial charge in [0, 0.05) is 25.4 Å². The summed E-state index contributed by atoms with van der Waals surface area (Å²) < 4.78 is 3.40. The van der Waals surface area contributed by atoms with E-state index in [-0.39, 0.29) is 24.6 Å². The van der Waals surface area contributed by atoms with Gasteiger partial charge in [0.05, 0.1) is 18.0 Å². The lowest BCUT2D eigenvalue weighted by Crippen LogP contribution is -2.24. The standard InChI is InChI=1S/C25H26N6O3/c1-18-25(31(33)34)19(2)30(28-18)15-12-24(32)26-16-22-6-3-4-7-23(22)21-10-8-20(9-11-21)17-29-14-5-13-27-29/h3-11,13-14H,12,15-17H2,1-2H3,(H,26,32). The molecule has 0 unspecified atom stereocenters. The van der Waals surface area contributed by atoms with Crippen molar-refractivity contribution in [3.63, 3.8) is 0 Å². The number of aromatic nitrogens is 4. The minimum Gasteiger partial charge on any atom is -0.352 e. The quantitative estimate of drug-likeness (QED) is 0.301. The molecule has 174 valence electrons. The molecule has 2 aromatic carbocycles. The number of nitrogens with one attached hydrogen (secondary N) is 1. The van der Waals surface area contributed by atoms with Crippen molar-refractivity contribution in [2.24, 2.45) is 0 Å². The Bertz CT molecular complexity index is 1290. The number of carbonyl (C=O) groups excluding carboxylic acids is 1. The zero-order valence-electron chi connectivity index (χ0n) is 19.1. The van der Waals surface area contributed by atoms with Gasteiger partial charge in [-0.1, -0.05) is 48.5 Å². The second-order valence-electron chi connectivity index (χ2n) is 8.08. The molecule has 9 nitrogen and oxygen atoms in total. The number of nitrogens with zero attached hydrogens (tertiary/aromatic N) is 5. The highest BCUT2D eigenvalue weighted by Gasteiger charge is 2.21. The number of hydrogen-bond donors (Lipinski definition) is 1. The highest BCUT2D eigenvalue weighted by molar-refractivity contribution is 5.76. The maximum atomic E-state index is 12.5. The van der Waals surface area contributed by atoms with E-state index in [1.54, 1.807) is 20.0 Å². The number of rotatable bonds is 9. The fourth-order valence-electron chi connectivity index (χ4n) is 3.99. The molecule has 1 amide bonds. The predicted octanol–water partition coefficient (Wildman–Crippen LogP) is 4.03. The average molecular weight is 459 g/mol. The van der Waals surface area contributed by atoms with Crippen molar-refractivity contribution in [2.45, 2.75) is 39.9 Å². The summed E-state index contributed by atoms with van der Waals surface area (Å²) in [5.41, 5.74) is 5.11. The zero-order chi connectivity index (χ0) is 24.1. The molecule has 0 fully saturated rings. The van der Waals surface area contributed by atoms with Crippen molar-refractivity contribution >= 4 is 11.6 Å². The lowest BCUT2D eigenvalue weighted by Gasteiger charge is -2.12. The van der Waals surface area contributed by atoms with Crippen molar-refractivity contribution < 1.29 is 9.72 Å². The third-order valence-electron chi connectivity index (χ3n) is 5.74. The van der Waals surface area contributed by atoms with Crippen LogP contribution in [0.4, 0.5) is 5.69 Å². The van der Waals surface area contributed by atoms with E-state index in [0.717, 1.165) is 22.3 Å². The van der Waals surface area contributed by atoms with Crippen LogP contribution in [0.5, 0.6) is 0 Å². The molecular weight excluding hydrogens is 432 g/mol.